The van der Waals surface area contributed by atoms with Crippen molar-refractivity contribution in [2.24, 2.45) is 0 Å². The largest absolute Gasteiger partial charge is 0.459 e. The molecule has 1 saturated heterocycles. The third kappa shape index (κ3) is 2.64. The summed E-state index contributed by atoms with van der Waals surface area (Å²) in [5.74, 6) is 0.434. The number of nitrogens with zero attached hydrogens (tertiary/aromatic N) is 2. The standard InChI is InChI=1S/C15H18N2O2S/c1-12(14-5-3-11-20-14)16-6-8-17(9-7-16)15(18)13-4-2-10-19-13/h2-5,10-12H,6-9H2,1H3. The lowest BCUT2D eigenvalue weighted by atomic mass is 10.2. The monoisotopic (exact) mass is 290 g/mol. The van der Waals surface area contributed by atoms with Crippen molar-refractivity contribution in [3.8, 4) is 0 Å². The molecule has 106 valence electrons. The Morgan fingerprint density at radius 3 is 2.65 bits per heavy atom. The van der Waals surface area contributed by atoms with Crippen molar-refractivity contribution in [2.75, 3.05) is 26.2 Å². The van der Waals surface area contributed by atoms with Crippen molar-refractivity contribution in [3.05, 3.63) is 46.5 Å². The molecule has 1 aliphatic heterocycles. The van der Waals surface area contributed by atoms with Crippen molar-refractivity contribution < 1.29 is 9.21 Å². The number of furan rings is 1. The zero-order valence-electron chi connectivity index (χ0n) is 11.5. The Kier molecular flexibility index (Phi) is 3.89. The summed E-state index contributed by atoms with van der Waals surface area (Å²) in [5, 5.41) is 2.11. The van der Waals surface area contributed by atoms with E-state index in [1.807, 2.05) is 4.90 Å². The average Bonchev–Trinajstić information content (AvgIpc) is 3.18. The second-order valence-corrected chi connectivity index (χ2v) is 5.98. The quantitative estimate of drug-likeness (QED) is 0.872. The van der Waals surface area contributed by atoms with Crippen LogP contribution in [0.5, 0.6) is 0 Å². The minimum atomic E-state index is -0.00146. The molecule has 1 atom stereocenters. The second-order valence-electron chi connectivity index (χ2n) is 5.00. The summed E-state index contributed by atoms with van der Waals surface area (Å²) in [5.41, 5.74) is 0. The summed E-state index contributed by atoms with van der Waals surface area (Å²) in [6.45, 7) is 5.57. The van der Waals surface area contributed by atoms with Gasteiger partial charge in [0.25, 0.3) is 5.91 Å². The van der Waals surface area contributed by atoms with Crippen LogP contribution in [0.15, 0.2) is 40.3 Å². The van der Waals surface area contributed by atoms with Crippen LogP contribution in [0.2, 0.25) is 0 Å². The van der Waals surface area contributed by atoms with Gasteiger partial charge < -0.3 is 9.32 Å². The molecule has 3 rings (SSSR count). The van der Waals surface area contributed by atoms with E-state index in [0.717, 1.165) is 26.2 Å². The summed E-state index contributed by atoms with van der Waals surface area (Å²) < 4.78 is 5.18. The number of piperazine rings is 1. The third-order valence-corrected chi connectivity index (χ3v) is 4.88. The molecule has 0 saturated carbocycles. The van der Waals surface area contributed by atoms with Crippen molar-refractivity contribution in [3.63, 3.8) is 0 Å². The van der Waals surface area contributed by atoms with Crippen molar-refractivity contribution in [2.45, 2.75) is 13.0 Å². The molecule has 1 amide bonds. The maximum Gasteiger partial charge on any atom is 0.289 e. The summed E-state index contributed by atoms with van der Waals surface area (Å²) in [6.07, 6.45) is 1.54. The van der Waals surface area contributed by atoms with Gasteiger partial charge in [0.2, 0.25) is 0 Å². The van der Waals surface area contributed by atoms with E-state index < -0.39 is 0 Å². The first-order chi connectivity index (χ1) is 9.75. The van der Waals surface area contributed by atoms with Crippen molar-refractivity contribution in [1.29, 1.82) is 0 Å². The fourth-order valence-corrected chi connectivity index (χ4v) is 3.39. The number of hydrogen-bond donors (Lipinski definition) is 0. The highest BCUT2D eigenvalue weighted by Crippen LogP contribution is 2.25. The van der Waals surface area contributed by atoms with Gasteiger partial charge in [-0.1, -0.05) is 6.07 Å². The van der Waals surface area contributed by atoms with Crippen LogP contribution < -0.4 is 0 Å². The molecular formula is C15H18N2O2S. The molecule has 1 aliphatic rings. The Bertz CT molecular complexity index is 542. The normalized spacial score (nSPS) is 18.1. The van der Waals surface area contributed by atoms with Gasteiger partial charge in [-0.2, -0.15) is 0 Å². The van der Waals surface area contributed by atoms with Gasteiger partial charge in [-0.15, -0.1) is 11.3 Å². The van der Waals surface area contributed by atoms with Crippen molar-refractivity contribution >= 4 is 17.2 Å². The van der Waals surface area contributed by atoms with Crippen molar-refractivity contribution in [1.82, 2.24) is 9.80 Å². The fraction of sp³-hybridized carbons (Fsp3) is 0.400. The minimum Gasteiger partial charge on any atom is -0.459 e. The first-order valence-electron chi connectivity index (χ1n) is 6.86. The van der Waals surface area contributed by atoms with E-state index >= 15 is 0 Å². The van der Waals surface area contributed by atoms with Gasteiger partial charge in [0, 0.05) is 37.1 Å². The Morgan fingerprint density at radius 2 is 2.05 bits per heavy atom. The summed E-state index contributed by atoms with van der Waals surface area (Å²) in [4.78, 5) is 17.9. The number of rotatable bonds is 3. The topological polar surface area (TPSA) is 36.7 Å². The third-order valence-electron chi connectivity index (χ3n) is 3.84. The van der Waals surface area contributed by atoms with Crippen LogP contribution in [0, 0.1) is 0 Å². The maximum absolute atomic E-state index is 12.2. The lowest BCUT2D eigenvalue weighted by Crippen LogP contribution is -2.49. The van der Waals surface area contributed by atoms with Crippen LogP contribution in [0.3, 0.4) is 0 Å². The van der Waals surface area contributed by atoms with Gasteiger partial charge in [0.15, 0.2) is 5.76 Å². The van der Waals surface area contributed by atoms with Crippen LogP contribution in [-0.4, -0.2) is 41.9 Å². The highest BCUT2D eigenvalue weighted by Gasteiger charge is 2.26. The number of hydrogen-bond acceptors (Lipinski definition) is 4. The number of thiophene rings is 1. The van der Waals surface area contributed by atoms with Crippen LogP contribution in [0.1, 0.15) is 28.4 Å². The molecule has 0 bridgehead atoms. The zero-order chi connectivity index (χ0) is 13.9. The van der Waals surface area contributed by atoms with Crippen LogP contribution in [-0.2, 0) is 0 Å². The molecule has 0 N–H and O–H groups in total. The molecule has 0 spiro atoms. The van der Waals surface area contributed by atoms with Crippen LogP contribution in [0.25, 0.3) is 0 Å². The molecule has 0 aliphatic carbocycles. The predicted octanol–water partition coefficient (Wildman–Crippen LogP) is 2.86. The maximum atomic E-state index is 12.2. The molecule has 20 heavy (non-hydrogen) atoms. The zero-order valence-corrected chi connectivity index (χ0v) is 12.3. The smallest absolute Gasteiger partial charge is 0.289 e. The predicted molar refractivity (Wildman–Crippen MR) is 78.9 cm³/mol. The highest BCUT2D eigenvalue weighted by molar-refractivity contribution is 7.10. The number of carbonyl (C=O) groups excluding carboxylic acids is 1. The molecule has 2 aromatic heterocycles. The van der Waals surface area contributed by atoms with E-state index in [9.17, 15) is 4.79 Å². The van der Waals surface area contributed by atoms with Crippen LogP contribution >= 0.6 is 11.3 Å². The van der Waals surface area contributed by atoms with Gasteiger partial charge in [0.05, 0.1) is 6.26 Å². The van der Waals surface area contributed by atoms with Gasteiger partial charge in [0.1, 0.15) is 0 Å². The van der Waals surface area contributed by atoms with E-state index in [4.69, 9.17) is 4.42 Å². The lowest BCUT2D eigenvalue weighted by molar-refractivity contribution is 0.0555. The molecule has 0 aromatic carbocycles. The summed E-state index contributed by atoms with van der Waals surface area (Å²) in [6, 6.07) is 8.17. The Labute approximate surface area is 122 Å². The van der Waals surface area contributed by atoms with E-state index in [0.29, 0.717) is 11.8 Å². The Balaban J connectivity index is 1.58. The lowest BCUT2D eigenvalue weighted by Gasteiger charge is -2.37. The molecule has 5 heteroatoms. The van der Waals surface area contributed by atoms with Gasteiger partial charge in [-0.05, 0) is 30.5 Å². The van der Waals surface area contributed by atoms with Gasteiger partial charge >= 0.3 is 0 Å². The molecule has 3 heterocycles. The SMILES string of the molecule is CC(c1cccs1)N1CCN(C(=O)c2ccco2)CC1. The summed E-state index contributed by atoms with van der Waals surface area (Å²) in [7, 11) is 0. The average molecular weight is 290 g/mol. The molecule has 4 nitrogen and oxygen atoms in total. The second kappa shape index (κ2) is 5.81. The molecular weight excluding hydrogens is 272 g/mol. The van der Waals surface area contributed by atoms with E-state index in [-0.39, 0.29) is 5.91 Å². The van der Waals surface area contributed by atoms with E-state index in [1.165, 1.54) is 4.88 Å². The van der Waals surface area contributed by atoms with Crippen LogP contribution in [0.4, 0.5) is 0 Å². The van der Waals surface area contributed by atoms with E-state index in [1.54, 1.807) is 29.7 Å². The molecule has 2 aromatic rings. The van der Waals surface area contributed by atoms with Gasteiger partial charge in [-0.25, -0.2) is 0 Å². The highest BCUT2D eigenvalue weighted by atomic mass is 32.1. The summed E-state index contributed by atoms with van der Waals surface area (Å²) >= 11 is 1.79. The number of amides is 1. The Hall–Kier alpha value is -1.59. The number of carbonyl (C=O) groups is 1. The molecule has 1 unspecified atom stereocenters. The minimum absolute atomic E-state index is 0.00146. The molecule has 1 fully saturated rings. The first kappa shape index (κ1) is 13.4. The Morgan fingerprint density at radius 1 is 1.25 bits per heavy atom. The van der Waals surface area contributed by atoms with Gasteiger partial charge in [-0.3, -0.25) is 9.69 Å². The molecule has 0 radical (unpaired) electrons. The first-order valence-corrected chi connectivity index (χ1v) is 7.74. The van der Waals surface area contributed by atoms with E-state index in [2.05, 4.69) is 29.3 Å². The fourth-order valence-electron chi connectivity index (χ4n) is 2.58.